The van der Waals surface area contributed by atoms with Crippen molar-refractivity contribution in [2.24, 2.45) is 5.92 Å². The van der Waals surface area contributed by atoms with Gasteiger partial charge >= 0.3 is 0 Å². The SMILES string of the molecule is Cc1ccc(C(C)N(C)C(=O)C2CC2)s1. The molecule has 1 aromatic rings. The molecule has 1 saturated carbocycles. The van der Waals surface area contributed by atoms with Crippen LogP contribution in [-0.4, -0.2) is 17.9 Å². The van der Waals surface area contributed by atoms with Gasteiger partial charge in [0.25, 0.3) is 0 Å². The first kappa shape index (κ1) is 10.7. The molecule has 3 heteroatoms. The van der Waals surface area contributed by atoms with E-state index in [1.165, 1.54) is 9.75 Å². The van der Waals surface area contributed by atoms with Gasteiger partial charge in [-0.05, 0) is 38.8 Å². The predicted octanol–water partition coefficient (Wildman–Crippen LogP) is 2.99. The van der Waals surface area contributed by atoms with E-state index in [4.69, 9.17) is 0 Å². The van der Waals surface area contributed by atoms with E-state index in [0.717, 1.165) is 12.8 Å². The second kappa shape index (κ2) is 3.97. The highest BCUT2D eigenvalue weighted by Crippen LogP contribution is 2.34. The number of thiophene rings is 1. The third-order valence-electron chi connectivity index (χ3n) is 3.03. The Labute approximate surface area is 94.9 Å². The Morgan fingerprint density at radius 3 is 2.67 bits per heavy atom. The van der Waals surface area contributed by atoms with E-state index in [1.54, 1.807) is 11.3 Å². The van der Waals surface area contributed by atoms with Gasteiger partial charge in [0.15, 0.2) is 0 Å². The molecule has 2 rings (SSSR count). The lowest BCUT2D eigenvalue weighted by molar-refractivity contribution is -0.133. The summed E-state index contributed by atoms with van der Waals surface area (Å²) < 4.78 is 0. The minimum absolute atomic E-state index is 0.219. The van der Waals surface area contributed by atoms with E-state index in [9.17, 15) is 4.79 Å². The van der Waals surface area contributed by atoms with Gasteiger partial charge < -0.3 is 4.90 Å². The van der Waals surface area contributed by atoms with E-state index < -0.39 is 0 Å². The molecule has 2 nitrogen and oxygen atoms in total. The summed E-state index contributed by atoms with van der Waals surface area (Å²) in [5.74, 6) is 0.632. The van der Waals surface area contributed by atoms with Crippen LogP contribution >= 0.6 is 11.3 Å². The summed E-state index contributed by atoms with van der Waals surface area (Å²) in [6.07, 6.45) is 2.17. The number of rotatable bonds is 3. The zero-order valence-corrected chi connectivity index (χ0v) is 10.3. The van der Waals surface area contributed by atoms with Crippen LogP contribution in [0.4, 0.5) is 0 Å². The molecule has 1 amide bonds. The second-order valence-electron chi connectivity index (χ2n) is 4.35. The monoisotopic (exact) mass is 223 g/mol. The van der Waals surface area contributed by atoms with Crippen LogP contribution < -0.4 is 0 Å². The summed E-state index contributed by atoms with van der Waals surface area (Å²) >= 11 is 1.78. The first-order valence-electron chi connectivity index (χ1n) is 5.42. The Morgan fingerprint density at radius 2 is 2.20 bits per heavy atom. The van der Waals surface area contributed by atoms with Gasteiger partial charge in [-0.1, -0.05) is 0 Å². The molecule has 1 unspecified atom stereocenters. The zero-order valence-electron chi connectivity index (χ0n) is 9.49. The van der Waals surface area contributed by atoms with Crippen LogP contribution in [0.1, 0.15) is 35.6 Å². The molecule has 0 saturated heterocycles. The molecule has 1 fully saturated rings. The van der Waals surface area contributed by atoms with E-state index >= 15 is 0 Å². The molecule has 1 aliphatic rings. The molecule has 0 radical (unpaired) electrons. The Balaban J connectivity index is 2.06. The fraction of sp³-hybridized carbons (Fsp3) is 0.583. The highest BCUT2D eigenvalue weighted by atomic mass is 32.1. The molecule has 0 aliphatic heterocycles. The van der Waals surface area contributed by atoms with Crippen molar-refractivity contribution in [2.45, 2.75) is 32.7 Å². The minimum Gasteiger partial charge on any atom is -0.338 e. The molecule has 1 heterocycles. The maximum absolute atomic E-state index is 11.9. The third kappa shape index (κ3) is 2.23. The van der Waals surface area contributed by atoms with Crippen LogP contribution in [0.15, 0.2) is 12.1 Å². The number of amides is 1. The summed E-state index contributed by atoms with van der Waals surface area (Å²) in [5, 5.41) is 0. The minimum atomic E-state index is 0.219. The quantitative estimate of drug-likeness (QED) is 0.771. The Bertz CT molecular complexity index is 367. The molecule has 82 valence electrons. The number of carbonyl (C=O) groups excluding carboxylic acids is 1. The lowest BCUT2D eigenvalue weighted by Crippen LogP contribution is -2.30. The van der Waals surface area contributed by atoms with Gasteiger partial charge in [-0.2, -0.15) is 0 Å². The lowest BCUT2D eigenvalue weighted by Gasteiger charge is -2.24. The first-order chi connectivity index (χ1) is 7.09. The van der Waals surface area contributed by atoms with Crippen molar-refractivity contribution in [3.8, 4) is 0 Å². The number of hydrogen-bond acceptors (Lipinski definition) is 2. The van der Waals surface area contributed by atoms with Gasteiger partial charge in [0.05, 0.1) is 6.04 Å². The standard InChI is InChI=1S/C12H17NOS/c1-8-4-7-11(15-8)9(2)13(3)12(14)10-5-6-10/h4,7,9-10H,5-6H2,1-3H3. The number of aryl methyl sites for hydroxylation is 1. The van der Waals surface area contributed by atoms with Crippen LogP contribution in [0, 0.1) is 12.8 Å². The maximum atomic E-state index is 11.9. The lowest BCUT2D eigenvalue weighted by atomic mass is 10.2. The largest absolute Gasteiger partial charge is 0.338 e. The summed E-state index contributed by atoms with van der Waals surface area (Å²) in [6, 6.07) is 4.46. The highest BCUT2D eigenvalue weighted by Gasteiger charge is 2.33. The zero-order chi connectivity index (χ0) is 11.0. The molecule has 15 heavy (non-hydrogen) atoms. The van der Waals surface area contributed by atoms with E-state index in [-0.39, 0.29) is 6.04 Å². The molecular weight excluding hydrogens is 206 g/mol. The molecule has 0 bridgehead atoms. The van der Waals surface area contributed by atoms with Gasteiger partial charge in [0, 0.05) is 22.7 Å². The fourth-order valence-corrected chi connectivity index (χ4v) is 2.65. The van der Waals surface area contributed by atoms with Crippen molar-refractivity contribution >= 4 is 17.2 Å². The first-order valence-corrected chi connectivity index (χ1v) is 6.24. The summed E-state index contributed by atoms with van der Waals surface area (Å²) in [6.45, 7) is 4.20. The normalized spacial score (nSPS) is 17.5. The number of hydrogen-bond donors (Lipinski definition) is 0. The van der Waals surface area contributed by atoms with Crippen molar-refractivity contribution in [3.05, 3.63) is 21.9 Å². The smallest absolute Gasteiger partial charge is 0.225 e. The van der Waals surface area contributed by atoms with E-state index in [1.807, 2.05) is 11.9 Å². The second-order valence-corrected chi connectivity index (χ2v) is 5.67. The van der Waals surface area contributed by atoms with Gasteiger partial charge in [-0.25, -0.2) is 0 Å². The Hall–Kier alpha value is -0.830. The van der Waals surface area contributed by atoms with Crippen LogP contribution in [0.5, 0.6) is 0 Å². The fourth-order valence-electron chi connectivity index (χ4n) is 1.68. The molecule has 1 aromatic heterocycles. The highest BCUT2D eigenvalue weighted by molar-refractivity contribution is 7.12. The van der Waals surface area contributed by atoms with E-state index in [2.05, 4.69) is 26.0 Å². The number of nitrogens with zero attached hydrogens (tertiary/aromatic N) is 1. The predicted molar refractivity (Wildman–Crippen MR) is 63.0 cm³/mol. The third-order valence-corrected chi connectivity index (χ3v) is 4.20. The molecule has 0 spiro atoms. The molecule has 1 aliphatic carbocycles. The summed E-state index contributed by atoms with van der Waals surface area (Å²) in [7, 11) is 1.92. The molecule has 1 atom stereocenters. The average Bonchev–Trinajstić information content (AvgIpc) is 2.98. The number of carbonyl (C=O) groups is 1. The van der Waals surface area contributed by atoms with Crippen LogP contribution in [0.25, 0.3) is 0 Å². The van der Waals surface area contributed by atoms with Crippen LogP contribution in [0.3, 0.4) is 0 Å². The Morgan fingerprint density at radius 1 is 1.53 bits per heavy atom. The topological polar surface area (TPSA) is 20.3 Å². The van der Waals surface area contributed by atoms with Crippen LogP contribution in [0.2, 0.25) is 0 Å². The van der Waals surface area contributed by atoms with Crippen molar-refractivity contribution in [1.29, 1.82) is 0 Å². The van der Waals surface area contributed by atoms with Crippen molar-refractivity contribution in [2.75, 3.05) is 7.05 Å². The van der Waals surface area contributed by atoms with Gasteiger partial charge in [0.2, 0.25) is 5.91 Å². The summed E-state index contributed by atoms with van der Waals surface area (Å²) in [4.78, 5) is 16.3. The van der Waals surface area contributed by atoms with Crippen molar-refractivity contribution in [3.63, 3.8) is 0 Å². The molecule has 0 aromatic carbocycles. The van der Waals surface area contributed by atoms with Gasteiger partial charge in [-0.3, -0.25) is 4.79 Å². The summed E-state index contributed by atoms with van der Waals surface area (Å²) in [5.41, 5.74) is 0. The van der Waals surface area contributed by atoms with Gasteiger partial charge in [-0.15, -0.1) is 11.3 Å². The van der Waals surface area contributed by atoms with E-state index in [0.29, 0.717) is 11.8 Å². The van der Waals surface area contributed by atoms with Crippen molar-refractivity contribution in [1.82, 2.24) is 4.90 Å². The van der Waals surface area contributed by atoms with Gasteiger partial charge in [0.1, 0.15) is 0 Å². The Kier molecular flexibility index (Phi) is 2.83. The maximum Gasteiger partial charge on any atom is 0.225 e. The van der Waals surface area contributed by atoms with Crippen molar-refractivity contribution < 1.29 is 4.79 Å². The average molecular weight is 223 g/mol. The molecular formula is C12H17NOS. The van der Waals surface area contributed by atoms with Crippen LogP contribution in [-0.2, 0) is 4.79 Å². The molecule has 0 N–H and O–H groups in total.